The van der Waals surface area contributed by atoms with E-state index < -0.39 is 0 Å². The standard InChI is InChI=1S/C22H15NO2S/c24-14-7-5-6-13(12-14)22-19-20(15-8-1-2-9-16(15)21(19)25)23-17-10-3-4-11-18(17)26-22/h1-12,19,22,24H. The van der Waals surface area contributed by atoms with Crippen molar-refractivity contribution in [2.75, 3.05) is 0 Å². The first-order valence-electron chi connectivity index (χ1n) is 8.49. The van der Waals surface area contributed by atoms with Crippen molar-refractivity contribution in [3.8, 4) is 5.75 Å². The number of thioether (sulfide) groups is 1. The van der Waals surface area contributed by atoms with Crippen molar-refractivity contribution >= 4 is 28.9 Å². The van der Waals surface area contributed by atoms with Crippen molar-refractivity contribution in [2.24, 2.45) is 10.9 Å². The molecule has 126 valence electrons. The van der Waals surface area contributed by atoms with Crippen LogP contribution in [0.3, 0.4) is 0 Å². The number of ketones is 1. The first-order valence-corrected chi connectivity index (χ1v) is 9.37. The number of nitrogens with zero attached hydrogens (tertiary/aromatic N) is 1. The average molecular weight is 357 g/mol. The molecule has 3 aromatic carbocycles. The monoisotopic (exact) mass is 357 g/mol. The summed E-state index contributed by atoms with van der Waals surface area (Å²) >= 11 is 1.64. The van der Waals surface area contributed by atoms with E-state index in [9.17, 15) is 9.90 Å². The summed E-state index contributed by atoms with van der Waals surface area (Å²) < 4.78 is 0. The molecule has 1 N–H and O–H groups in total. The zero-order chi connectivity index (χ0) is 17.7. The van der Waals surface area contributed by atoms with E-state index in [2.05, 4.69) is 0 Å². The molecule has 0 aromatic heterocycles. The van der Waals surface area contributed by atoms with Crippen LogP contribution in [0.5, 0.6) is 5.75 Å². The predicted molar refractivity (Wildman–Crippen MR) is 104 cm³/mol. The molecular formula is C22H15NO2S. The number of rotatable bonds is 1. The molecule has 26 heavy (non-hydrogen) atoms. The minimum atomic E-state index is -0.355. The molecule has 1 aliphatic heterocycles. The van der Waals surface area contributed by atoms with E-state index in [-0.39, 0.29) is 22.7 Å². The number of phenolic OH excluding ortho intramolecular Hbond substituents is 1. The van der Waals surface area contributed by atoms with E-state index in [0.29, 0.717) is 0 Å². The Kier molecular flexibility index (Phi) is 3.47. The van der Waals surface area contributed by atoms with Gasteiger partial charge in [0.05, 0.1) is 22.6 Å². The molecule has 0 fully saturated rings. The number of benzene rings is 3. The lowest BCUT2D eigenvalue weighted by molar-refractivity contribution is 0.0960. The summed E-state index contributed by atoms with van der Waals surface area (Å²) in [6, 6.07) is 22.9. The fourth-order valence-corrected chi connectivity index (χ4v) is 5.07. The lowest BCUT2D eigenvalue weighted by Gasteiger charge is -2.21. The number of aromatic hydroxyl groups is 1. The third kappa shape index (κ3) is 2.30. The molecule has 0 bridgehead atoms. The Morgan fingerprint density at radius 3 is 2.50 bits per heavy atom. The molecule has 0 saturated heterocycles. The van der Waals surface area contributed by atoms with Gasteiger partial charge in [-0.05, 0) is 29.8 Å². The minimum Gasteiger partial charge on any atom is -0.508 e. The number of phenols is 1. The molecule has 2 aliphatic rings. The summed E-state index contributed by atoms with van der Waals surface area (Å²) in [6.45, 7) is 0. The molecule has 0 amide bonds. The van der Waals surface area contributed by atoms with Gasteiger partial charge in [-0.1, -0.05) is 48.5 Å². The fourth-order valence-electron chi connectivity index (χ4n) is 3.74. The fraction of sp³-hybridized carbons (Fsp3) is 0.0909. The van der Waals surface area contributed by atoms with Gasteiger partial charge in [0, 0.05) is 16.0 Å². The summed E-state index contributed by atoms with van der Waals surface area (Å²) in [6.07, 6.45) is 0. The maximum Gasteiger partial charge on any atom is 0.174 e. The van der Waals surface area contributed by atoms with Crippen LogP contribution >= 0.6 is 11.8 Å². The second-order valence-corrected chi connectivity index (χ2v) is 7.67. The molecule has 2 unspecified atom stereocenters. The van der Waals surface area contributed by atoms with E-state index in [1.54, 1.807) is 23.9 Å². The summed E-state index contributed by atoms with van der Waals surface area (Å²) in [5.74, 6) is -0.0401. The number of hydrogen-bond donors (Lipinski definition) is 1. The Balaban J connectivity index is 1.76. The lowest BCUT2D eigenvalue weighted by Crippen LogP contribution is -2.21. The zero-order valence-electron chi connectivity index (χ0n) is 13.8. The highest BCUT2D eigenvalue weighted by Crippen LogP contribution is 2.51. The highest BCUT2D eigenvalue weighted by Gasteiger charge is 2.44. The quantitative estimate of drug-likeness (QED) is 0.653. The number of aliphatic imine (C=N–C) groups is 1. The molecule has 2 atom stereocenters. The molecule has 1 aliphatic carbocycles. The van der Waals surface area contributed by atoms with Crippen molar-refractivity contribution < 1.29 is 9.90 Å². The Morgan fingerprint density at radius 2 is 1.65 bits per heavy atom. The normalized spacial score (nSPS) is 20.6. The van der Waals surface area contributed by atoms with Gasteiger partial charge in [0.15, 0.2) is 5.78 Å². The van der Waals surface area contributed by atoms with Crippen LogP contribution in [0.25, 0.3) is 0 Å². The van der Waals surface area contributed by atoms with E-state index in [1.807, 2.05) is 60.7 Å². The average Bonchev–Trinajstić information content (AvgIpc) is 2.83. The van der Waals surface area contributed by atoms with Crippen molar-refractivity contribution in [2.45, 2.75) is 10.1 Å². The van der Waals surface area contributed by atoms with Crippen LogP contribution in [0.15, 0.2) is 82.7 Å². The van der Waals surface area contributed by atoms with Gasteiger partial charge in [0.25, 0.3) is 0 Å². The first kappa shape index (κ1) is 15.4. The smallest absolute Gasteiger partial charge is 0.174 e. The predicted octanol–water partition coefficient (Wildman–Crippen LogP) is 5.17. The van der Waals surface area contributed by atoms with E-state index >= 15 is 0 Å². The number of carbonyl (C=O) groups excluding carboxylic acids is 1. The minimum absolute atomic E-state index is 0.105. The van der Waals surface area contributed by atoms with Crippen LogP contribution in [-0.2, 0) is 0 Å². The third-order valence-corrected chi connectivity index (χ3v) is 6.30. The number of para-hydroxylation sites is 1. The SMILES string of the molecule is O=C1c2ccccc2C2=Nc3ccccc3SC(c3cccc(O)c3)C12. The molecule has 4 heteroatoms. The summed E-state index contributed by atoms with van der Waals surface area (Å²) in [5.41, 5.74) is 4.32. The van der Waals surface area contributed by atoms with Crippen LogP contribution < -0.4 is 0 Å². The molecule has 1 heterocycles. The molecule has 3 aromatic rings. The van der Waals surface area contributed by atoms with Crippen molar-refractivity contribution in [1.82, 2.24) is 0 Å². The summed E-state index contributed by atoms with van der Waals surface area (Å²) in [7, 11) is 0. The lowest BCUT2D eigenvalue weighted by atomic mass is 9.93. The Bertz CT molecular complexity index is 1070. The number of fused-ring (bicyclic) bond motifs is 4. The van der Waals surface area contributed by atoms with Gasteiger partial charge in [-0.25, -0.2) is 0 Å². The van der Waals surface area contributed by atoms with Gasteiger partial charge < -0.3 is 5.11 Å². The second kappa shape index (κ2) is 5.85. The molecule has 5 rings (SSSR count). The molecule has 0 spiro atoms. The van der Waals surface area contributed by atoms with Gasteiger partial charge in [-0.2, -0.15) is 0 Å². The summed E-state index contributed by atoms with van der Waals surface area (Å²) in [4.78, 5) is 19.2. The zero-order valence-corrected chi connectivity index (χ0v) is 14.6. The Morgan fingerprint density at radius 1 is 0.885 bits per heavy atom. The van der Waals surface area contributed by atoms with Crippen LogP contribution in [-0.4, -0.2) is 16.6 Å². The topological polar surface area (TPSA) is 49.7 Å². The van der Waals surface area contributed by atoms with Crippen LogP contribution in [0, 0.1) is 5.92 Å². The van der Waals surface area contributed by atoms with E-state index in [0.717, 1.165) is 33.0 Å². The molecular weight excluding hydrogens is 342 g/mol. The van der Waals surface area contributed by atoms with Crippen LogP contribution in [0.2, 0.25) is 0 Å². The Hall–Kier alpha value is -2.85. The maximum atomic E-state index is 13.2. The number of Topliss-reactive ketones (excluding diaryl/α,β-unsaturated/α-hetero) is 1. The van der Waals surface area contributed by atoms with Crippen molar-refractivity contribution in [1.29, 1.82) is 0 Å². The van der Waals surface area contributed by atoms with Gasteiger partial charge >= 0.3 is 0 Å². The van der Waals surface area contributed by atoms with Crippen molar-refractivity contribution in [3.05, 3.63) is 89.5 Å². The number of hydrogen-bond acceptors (Lipinski definition) is 4. The maximum absolute atomic E-state index is 13.2. The molecule has 0 radical (unpaired) electrons. The van der Waals surface area contributed by atoms with Crippen molar-refractivity contribution in [3.63, 3.8) is 0 Å². The highest BCUT2D eigenvalue weighted by atomic mass is 32.2. The van der Waals surface area contributed by atoms with Gasteiger partial charge in [-0.15, -0.1) is 11.8 Å². The number of carbonyl (C=O) groups is 1. The van der Waals surface area contributed by atoms with E-state index in [4.69, 9.17) is 4.99 Å². The second-order valence-electron chi connectivity index (χ2n) is 6.49. The van der Waals surface area contributed by atoms with Crippen LogP contribution in [0.4, 0.5) is 5.69 Å². The third-order valence-electron chi connectivity index (χ3n) is 4.91. The Labute approximate surface area is 155 Å². The molecule has 0 saturated carbocycles. The van der Waals surface area contributed by atoms with Gasteiger partial charge in [0.2, 0.25) is 0 Å². The highest BCUT2D eigenvalue weighted by molar-refractivity contribution is 7.99. The van der Waals surface area contributed by atoms with Crippen LogP contribution in [0.1, 0.15) is 26.7 Å². The van der Waals surface area contributed by atoms with E-state index in [1.165, 1.54) is 0 Å². The molecule has 3 nitrogen and oxygen atoms in total. The summed E-state index contributed by atoms with van der Waals surface area (Å²) in [5, 5.41) is 9.83. The van der Waals surface area contributed by atoms with Gasteiger partial charge in [-0.3, -0.25) is 9.79 Å². The van der Waals surface area contributed by atoms with Gasteiger partial charge in [0.1, 0.15) is 5.75 Å². The first-order chi connectivity index (χ1) is 12.7. The largest absolute Gasteiger partial charge is 0.508 e.